The number of hydrogen-bond acceptors (Lipinski definition) is 7. The van der Waals surface area contributed by atoms with E-state index in [1.807, 2.05) is 30.5 Å². The van der Waals surface area contributed by atoms with Crippen LogP contribution in [-0.4, -0.2) is 50.2 Å². The normalized spacial score (nSPS) is 25.1. The molecule has 0 aliphatic carbocycles. The summed E-state index contributed by atoms with van der Waals surface area (Å²) in [4.78, 5) is 8.75. The second-order valence-electron chi connectivity index (χ2n) is 6.37. The molecule has 1 saturated heterocycles. The van der Waals surface area contributed by atoms with E-state index < -0.39 is 24.5 Å². The first-order chi connectivity index (χ1) is 13.0. The van der Waals surface area contributed by atoms with Crippen molar-refractivity contribution in [3.05, 3.63) is 40.4 Å². The Bertz CT molecular complexity index is 962. The van der Waals surface area contributed by atoms with Crippen molar-refractivity contribution in [3.8, 4) is 5.75 Å². The molecule has 1 aliphatic heterocycles. The number of halogens is 1. The lowest BCUT2D eigenvalue weighted by molar-refractivity contribution is -0.0297. The molecule has 3 heterocycles. The molecule has 1 fully saturated rings. The van der Waals surface area contributed by atoms with Crippen molar-refractivity contribution in [2.24, 2.45) is 0 Å². The number of aliphatic hydroxyl groups is 2. The smallest absolute Gasteiger partial charge is 0.164 e. The molecule has 0 bridgehead atoms. The number of aromatic nitrogens is 3. The Balaban J connectivity index is 1.72. The van der Waals surface area contributed by atoms with Gasteiger partial charge in [-0.2, -0.15) is 0 Å². The van der Waals surface area contributed by atoms with Gasteiger partial charge in [-0.25, -0.2) is 9.97 Å². The van der Waals surface area contributed by atoms with Gasteiger partial charge in [0.2, 0.25) is 0 Å². The lowest BCUT2D eigenvalue weighted by Gasteiger charge is -2.17. The number of nitrogens with one attached hydrogen (secondary N) is 1. The first-order valence-corrected chi connectivity index (χ1v) is 9.51. The van der Waals surface area contributed by atoms with Crippen LogP contribution in [-0.2, 0) is 4.74 Å². The first-order valence-electron chi connectivity index (χ1n) is 8.43. The summed E-state index contributed by atoms with van der Waals surface area (Å²) in [5.74, 6) is 1.42. The average Bonchev–Trinajstić information content (AvgIpc) is 3.14. The van der Waals surface area contributed by atoms with Gasteiger partial charge in [0.05, 0.1) is 18.6 Å². The fourth-order valence-electron chi connectivity index (χ4n) is 3.20. The largest absolute Gasteiger partial charge is 0.497 e. The van der Waals surface area contributed by atoms with E-state index in [4.69, 9.17) is 9.47 Å². The summed E-state index contributed by atoms with van der Waals surface area (Å²) in [5.41, 5.74) is 1.48. The van der Waals surface area contributed by atoms with Crippen molar-refractivity contribution in [3.63, 3.8) is 0 Å². The number of benzene rings is 1. The molecule has 142 valence electrons. The van der Waals surface area contributed by atoms with Crippen molar-refractivity contribution in [2.75, 3.05) is 12.4 Å². The number of fused-ring (bicyclic) bond motifs is 1. The molecule has 2 aromatic heterocycles. The van der Waals surface area contributed by atoms with E-state index >= 15 is 0 Å². The molecule has 27 heavy (non-hydrogen) atoms. The number of nitrogens with zero attached hydrogens (tertiary/aromatic N) is 3. The van der Waals surface area contributed by atoms with Gasteiger partial charge in [0.25, 0.3) is 0 Å². The molecule has 9 heteroatoms. The fourth-order valence-corrected chi connectivity index (χ4v) is 3.99. The van der Waals surface area contributed by atoms with Gasteiger partial charge in [-0.15, -0.1) is 0 Å². The van der Waals surface area contributed by atoms with Gasteiger partial charge in [-0.1, -0.05) is 0 Å². The molecular weight excluding hydrogens is 463 g/mol. The molecule has 4 rings (SSSR count). The molecule has 4 atom stereocenters. The van der Waals surface area contributed by atoms with E-state index in [-0.39, 0.29) is 0 Å². The summed E-state index contributed by atoms with van der Waals surface area (Å²) in [5, 5.41) is 24.5. The minimum absolute atomic E-state index is 0.459. The van der Waals surface area contributed by atoms with Crippen molar-refractivity contribution < 1.29 is 19.7 Å². The van der Waals surface area contributed by atoms with Crippen molar-refractivity contribution in [2.45, 2.75) is 31.5 Å². The van der Waals surface area contributed by atoms with E-state index in [9.17, 15) is 10.2 Å². The monoisotopic (exact) mass is 482 g/mol. The molecule has 1 aliphatic rings. The average molecular weight is 482 g/mol. The summed E-state index contributed by atoms with van der Waals surface area (Å²) in [6.07, 6.45) is 0.173. The Morgan fingerprint density at radius 1 is 1.19 bits per heavy atom. The van der Waals surface area contributed by atoms with E-state index in [1.54, 1.807) is 18.6 Å². The van der Waals surface area contributed by atoms with Crippen LogP contribution in [0.5, 0.6) is 5.75 Å². The van der Waals surface area contributed by atoms with Gasteiger partial charge >= 0.3 is 0 Å². The zero-order valence-corrected chi connectivity index (χ0v) is 16.9. The number of rotatable bonds is 4. The number of aliphatic hydroxyl groups excluding tert-OH is 2. The third-order valence-electron chi connectivity index (χ3n) is 4.67. The van der Waals surface area contributed by atoms with Crippen molar-refractivity contribution >= 4 is 45.1 Å². The highest BCUT2D eigenvalue weighted by Crippen LogP contribution is 2.36. The zero-order chi connectivity index (χ0) is 19.1. The third-order valence-corrected chi connectivity index (χ3v) is 5.49. The highest BCUT2D eigenvalue weighted by atomic mass is 127. The second-order valence-corrected chi connectivity index (χ2v) is 7.53. The molecule has 0 spiro atoms. The molecule has 8 nitrogen and oxygen atoms in total. The molecule has 0 saturated carbocycles. The van der Waals surface area contributed by atoms with Gasteiger partial charge in [-0.05, 0) is 53.8 Å². The Kier molecular flexibility index (Phi) is 4.93. The van der Waals surface area contributed by atoms with Gasteiger partial charge < -0.3 is 29.6 Å². The molecule has 0 unspecified atom stereocenters. The summed E-state index contributed by atoms with van der Waals surface area (Å²) in [7, 11) is 1.62. The fraction of sp³-hybridized carbons (Fsp3) is 0.333. The molecule has 1 aromatic carbocycles. The van der Waals surface area contributed by atoms with Crippen molar-refractivity contribution in [1.82, 2.24) is 14.5 Å². The Morgan fingerprint density at radius 2 is 1.93 bits per heavy atom. The number of ether oxygens (including phenoxy) is 2. The minimum atomic E-state index is -1.03. The first kappa shape index (κ1) is 18.4. The Morgan fingerprint density at radius 3 is 2.56 bits per heavy atom. The van der Waals surface area contributed by atoms with Crippen LogP contribution in [0.25, 0.3) is 11.0 Å². The van der Waals surface area contributed by atoms with Gasteiger partial charge in [-0.3, -0.25) is 0 Å². The standard InChI is InChI=1S/C18H19IN4O4/c1-9-14(24)15(25)18(27-9)23-7-12(19)13-16(20-8-21-17(13)23)22-10-3-5-11(26-2)6-4-10/h3-9,14-15,18,24-25H,1-2H3,(H,20,21,22)/t9-,14-,15-,18-/m1/s1. The maximum Gasteiger partial charge on any atom is 0.164 e. The number of anilines is 2. The van der Waals surface area contributed by atoms with Gasteiger partial charge in [0.15, 0.2) is 6.23 Å². The zero-order valence-electron chi connectivity index (χ0n) is 14.7. The summed E-state index contributed by atoms with van der Waals surface area (Å²) in [6.45, 7) is 1.73. The van der Waals surface area contributed by atoms with Gasteiger partial charge in [0, 0.05) is 15.5 Å². The van der Waals surface area contributed by atoms with Crippen LogP contribution < -0.4 is 10.1 Å². The lowest BCUT2D eigenvalue weighted by Crippen LogP contribution is -2.30. The third kappa shape index (κ3) is 3.24. The maximum atomic E-state index is 10.3. The van der Waals surface area contributed by atoms with Crippen LogP contribution >= 0.6 is 22.6 Å². The highest BCUT2D eigenvalue weighted by Gasteiger charge is 2.42. The topological polar surface area (TPSA) is 102 Å². The van der Waals surface area contributed by atoms with Gasteiger partial charge in [0.1, 0.15) is 35.7 Å². The molecule has 3 aromatic rings. The van der Waals surface area contributed by atoms with E-state index in [0.717, 1.165) is 20.4 Å². The van der Waals surface area contributed by atoms with Crippen LogP contribution in [0.4, 0.5) is 11.5 Å². The van der Waals surface area contributed by atoms with Crippen LogP contribution in [0, 0.1) is 3.57 Å². The minimum Gasteiger partial charge on any atom is -0.497 e. The van der Waals surface area contributed by atoms with E-state index in [1.165, 1.54) is 6.33 Å². The lowest BCUT2D eigenvalue weighted by atomic mass is 10.1. The summed E-state index contributed by atoms with van der Waals surface area (Å²) >= 11 is 2.20. The van der Waals surface area contributed by atoms with Crippen LogP contribution in [0.1, 0.15) is 13.2 Å². The van der Waals surface area contributed by atoms with E-state index in [0.29, 0.717) is 11.5 Å². The van der Waals surface area contributed by atoms with Crippen LogP contribution in [0.2, 0.25) is 0 Å². The van der Waals surface area contributed by atoms with Crippen molar-refractivity contribution in [1.29, 1.82) is 0 Å². The summed E-state index contributed by atoms with van der Waals surface area (Å²) in [6, 6.07) is 7.53. The quantitative estimate of drug-likeness (QED) is 0.491. The Labute approximate surface area is 169 Å². The molecule has 3 N–H and O–H groups in total. The molecule has 0 amide bonds. The second kappa shape index (κ2) is 7.23. The summed E-state index contributed by atoms with van der Waals surface area (Å²) < 4.78 is 13.6. The predicted molar refractivity (Wildman–Crippen MR) is 108 cm³/mol. The maximum absolute atomic E-state index is 10.3. The Hall–Kier alpha value is -1.95. The number of methoxy groups -OCH3 is 1. The van der Waals surface area contributed by atoms with E-state index in [2.05, 4.69) is 37.9 Å². The molecule has 0 radical (unpaired) electrons. The number of hydrogen-bond donors (Lipinski definition) is 3. The molecular formula is C18H19IN4O4. The highest BCUT2D eigenvalue weighted by molar-refractivity contribution is 14.1. The SMILES string of the molecule is COc1ccc(Nc2ncnc3c2c(I)cn3[C@@H]2O[C@H](C)[C@@H](O)[C@H]2O)cc1. The predicted octanol–water partition coefficient (Wildman–Crippen LogP) is 2.43. The van der Waals surface area contributed by atoms with Crippen LogP contribution in [0.3, 0.4) is 0 Å². The van der Waals surface area contributed by atoms with Crippen LogP contribution in [0.15, 0.2) is 36.8 Å².